The third-order valence-electron chi connectivity index (χ3n) is 0.277. The van der Waals surface area contributed by atoms with Crippen molar-refractivity contribution in [1.29, 1.82) is 0 Å². The average molecular weight is 423 g/mol. The number of hydrogen-bond donors (Lipinski definition) is 5. The van der Waals surface area contributed by atoms with E-state index in [4.69, 9.17) is 36.9 Å². The van der Waals surface area contributed by atoms with E-state index in [1.165, 1.54) is 5.48 Å². The maximum absolute atomic E-state index is 9.23. The van der Waals surface area contributed by atoms with Crippen molar-refractivity contribution in [3.63, 3.8) is 0 Å². The fourth-order valence-corrected chi connectivity index (χ4v) is 0. The summed E-state index contributed by atoms with van der Waals surface area (Å²) in [5.41, 5.74) is 15.3. The Labute approximate surface area is 104 Å². The van der Waals surface area contributed by atoms with Gasteiger partial charge in [-0.1, -0.05) is 0 Å². The van der Waals surface area contributed by atoms with E-state index in [-0.39, 0.29) is 21.1 Å². The van der Waals surface area contributed by atoms with Gasteiger partial charge in [0.15, 0.2) is 0 Å². The Kier molecular flexibility index (Phi) is 90.6. The number of nitrogens with one attached hydrogen (secondary N) is 1. The maximum Gasteiger partial charge on any atom is 2.00 e. The molecule has 0 atom stereocenters. The van der Waals surface area contributed by atoms with Gasteiger partial charge in [-0.3, -0.25) is 5.21 Å². The zero-order chi connectivity index (χ0) is 13.1. The quantitative estimate of drug-likeness (QED) is 0.188. The molecule has 0 rings (SSSR count). The van der Waals surface area contributed by atoms with Crippen LogP contribution in [0.5, 0.6) is 0 Å². The van der Waals surface area contributed by atoms with Crippen molar-refractivity contribution >= 4 is 6.03 Å². The fourth-order valence-electron chi connectivity index (χ4n) is 0. The van der Waals surface area contributed by atoms with Gasteiger partial charge in [0.25, 0.3) is 0 Å². The Bertz CT molecular complexity index is 129. The van der Waals surface area contributed by atoms with Crippen molar-refractivity contribution in [2.45, 2.75) is 0 Å². The topological polar surface area (TPSA) is 232 Å². The zero-order valence-corrected chi connectivity index (χ0v) is 10.1. The molecule has 12 nitrogen and oxygen atoms in total. The molecule has 100 valence electrons. The molecule has 0 aliphatic carbocycles. The molecule has 0 aromatic carbocycles. The van der Waals surface area contributed by atoms with Crippen LogP contribution in [0, 0.1) is 20.2 Å². The minimum absolute atomic E-state index is 0. The minimum atomic E-state index is -0.940. The number of hydroxylamine groups is 1. The number of rotatable bonds is 1. The van der Waals surface area contributed by atoms with Crippen LogP contribution in [0.2, 0.25) is 0 Å². The van der Waals surface area contributed by atoms with Gasteiger partial charge in [0.1, 0.15) is 0 Å². The normalized spacial score (nSPS) is 5.44. The molecular weight excluding hydrogens is 411 g/mol. The molecule has 13 heteroatoms. The van der Waals surface area contributed by atoms with Crippen LogP contribution in [-0.4, -0.2) is 24.3 Å². The molecule has 0 unspecified atom stereocenters. The number of urea groups is 1. The summed E-state index contributed by atoms with van der Waals surface area (Å²) in [6.45, 7) is 1.19. The van der Waals surface area contributed by atoms with Gasteiger partial charge >= 0.3 is 27.1 Å². The summed E-state index contributed by atoms with van der Waals surface area (Å²) in [6.07, 6.45) is 0. The standard InChI is InChI=1S/C2H8N2.CH4N2O2.2HNO2.Pt/c3-1-2-4;2-1(4)3-5;2*2-1-3;/h1-4H2;5H,(H3,2,3,4);2*(H,2,3);/q;;;;+2/p-2. The molecular formula is C3H12N6O6Pt. The maximum atomic E-state index is 9.23. The van der Waals surface area contributed by atoms with Gasteiger partial charge in [-0.15, -0.1) is 10.7 Å². The second-order valence-electron chi connectivity index (χ2n) is 1.20. The summed E-state index contributed by atoms with van der Waals surface area (Å²) < 4.78 is 0. The molecule has 0 aliphatic heterocycles. The third-order valence-corrected chi connectivity index (χ3v) is 0.277. The van der Waals surface area contributed by atoms with Gasteiger partial charge in [0.2, 0.25) is 0 Å². The molecule has 0 saturated carbocycles. The van der Waals surface area contributed by atoms with E-state index in [1.807, 2.05) is 0 Å². The third kappa shape index (κ3) is 638. The van der Waals surface area contributed by atoms with E-state index < -0.39 is 6.03 Å². The van der Waals surface area contributed by atoms with Crippen LogP contribution in [-0.2, 0) is 21.1 Å². The largest absolute Gasteiger partial charge is 2.00 e. The average Bonchev–Trinajstić information content (AvgIpc) is 2.20. The van der Waals surface area contributed by atoms with Crippen LogP contribution in [0.15, 0.2) is 10.7 Å². The van der Waals surface area contributed by atoms with Gasteiger partial charge in [0, 0.05) is 13.1 Å². The van der Waals surface area contributed by atoms with Gasteiger partial charge in [-0.05, 0) is 0 Å². The zero-order valence-electron chi connectivity index (χ0n) is 7.85. The van der Waals surface area contributed by atoms with Gasteiger partial charge in [-0.25, -0.2) is 10.3 Å². The van der Waals surface area contributed by atoms with Crippen LogP contribution in [0.3, 0.4) is 0 Å². The predicted octanol–water partition coefficient (Wildman–Crippen LogP) is -1.55. The molecule has 0 aromatic rings. The molecule has 0 saturated heterocycles. The molecule has 8 N–H and O–H groups in total. The number of primary amides is 1. The molecule has 0 aromatic heterocycles. The molecule has 2 amide bonds. The summed E-state index contributed by atoms with van der Waals surface area (Å²) in [6, 6.07) is -0.940. The Balaban J connectivity index is -0.0000000338. The van der Waals surface area contributed by atoms with E-state index in [0.29, 0.717) is 13.1 Å². The monoisotopic (exact) mass is 423 g/mol. The first-order chi connectivity index (χ1) is 7.01. The van der Waals surface area contributed by atoms with Crippen LogP contribution in [0.4, 0.5) is 4.79 Å². The summed E-state index contributed by atoms with van der Waals surface area (Å²) in [7, 11) is 0. The summed E-state index contributed by atoms with van der Waals surface area (Å²) in [4.78, 5) is 25.2. The Morgan fingerprint density at radius 3 is 1.31 bits per heavy atom. The van der Waals surface area contributed by atoms with E-state index in [0.717, 1.165) is 10.7 Å². The molecule has 0 spiro atoms. The van der Waals surface area contributed by atoms with E-state index >= 15 is 0 Å². The van der Waals surface area contributed by atoms with Crippen LogP contribution < -0.4 is 22.7 Å². The molecule has 16 heavy (non-hydrogen) atoms. The predicted molar refractivity (Wildman–Crippen MR) is 50.9 cm³/mol. The number of hydrogen-bond acceptors (Lipinski definition) is 10. The van der Waals surface area contributed by atoms with Crippen molar-refractivity contribution in [3.05, 3.63) is 20.2 Å². The van der Waals surface area contributed by atoms with Crippen molar-refractivity contribution in [3.8, 4) is 0 Å². The molecule has 0 bridgehead atoms. The van der Waals surface area contributed by atoms with E-state index in [9.17, 15) is 4.79 Å². The van der Waals surface area contributed by atoms with E-state index in [1.54, 1.807) is 0 Å². The van der Waals surface area contributed by atoms with Crippen molar-refractivity contribution < 1.29 is 31.1 Å². The summed E-state index contributed by atoms with van der Waals surface area (Å²) >= 11 is 0. The van der Waals surface area contributed by atoms with Gasteiger partial charge in [0.05, 0.1) is 0 Å². The fraction of sp³-hybridized carbons (Fsp3) is 0.667. The number of carbonyl (C=O) groups excluding carboxylic acids is 1. The summed E-state index contributed by atoms with van der Waals surface area (Å²) in [5, 5.41) is 25.4. The number of nitrogens with zero attached hydrogens (tertiary/aromatic N) is 2. The Morgan fingerprint density at radius 2 is 1.31 bits per heavy atom. The van der Waals surface area contributed by atoms with Crippen molar-refractivity contribution in [2.24, 2.45) is 27.9 Å². The Hall–Kier alpha value is -1.36. The number of nitrogens with two attached hydrogens (primary N) is 3. The molecule has 0 fully saturated rings. The van der Waals surface area contributed by atoms with Crippen molar-refractivity contribution in [1.82, 2.24) is 5.48 Å². The number of amides is 2. The van der Waals surface area contributed by atoms with Crippen LogP contribution >= 0.6 is 0 Å². The minimum Gasteiger partial charge on any atom is -0.444 e. The van der Waals surface area contributed by atoms with Gasteiger partial charge < -0.3 is 37.4 Å². The first-order valence-corrected chi connectivity index (χ1v) is 3.01. The second-order valence-corrected chi connectivity index (χ2v) is 1.20. The Morgan fingerprint density at radius 1 is 1.19 bits per heavy atom. The SMILES string of the molecule is NC(=O)NO.NCCN.O=N[O-].O=N[O-].[Pt+2]. The second kappa shape index (κ2) is 49.4. The van der Waals surface area contributed by atoms with Crippen LogP contribution in [0.1, 0.15) is 0 Å². The van der Waals surface area contributed by atoms with Crippen LogP contribution in [0.25, 0.3) is 0 Å². The number of carbonyl (C=O) groups is 1. The first kappa shape index (κ1) is 29.3. The molecule has 0 aliphatic rings. The van der Waals surface area contributed by atoms with E-state index in [2.05, 4.69) is 5.73 Å². The first-order valence-electron chi connectivity index (χ1n) is 3.01. The van der Waals surface area contributed by atoms with Gasteiger partial charge in [-0.2, -0.15) is 0 Å². The smallest absolute Gasteiger partial charge is 0.444 e. The molecule has 0 heterocycles. The van der Waals surface area contributed by atoms with Crippen molar-refractivity contribution in [2.75, 3.05) is 13.1 Å². The molecule has 0 radical (unpaired) electrons. The summed E-state index contributed by atoms with van der Waals surface area (Å²) in [5.74, 6) is 0.